The fraction of sp³-hybridized carbons (Fsp3) is 0.950. The topological polar surface area (TPSA) is 105 Å². The predicted octanol–water partition coefficient (Wildman–Crippen LogP) is 0.879. The molecule has 3 aliphatic rings. The van der Waals surface area contributed by atoms with Crippen LogP contribution in [0.1, 0.15) is 44.9 Å². The number of cyclic esters (lactones) is 1. The summed E-state index contributed by atoms with van der Waals surface area (Å²) in [5.74, 6) is -0.476. The molecule has 3 N–H and O–H groups in total. The van der Waals surface area contributed by atoms with E-state index in [2.05, 4.69) is 0 Å². The molecule has 3 rings (SSSR count). The summed E-state index contributed by atoms with van der Waals surface area (Å²) in [4.78, 5) is 12.4. The molecule has 0 radical (unpaired) electrons. The van der Waals surface area contributed by atoms with Crippen molar-refractivity contribution in [3.8, 4) is 0 Å². The zero-order valence-electron chi connectivity index (χ0n) is 16.3. The molecule has 1 aliphatic heterocycles. The second-order valence-corrected chi connectivity index (χ2v) is 8.56. The van der Waals surface area contributed by atoms with Crippen molar-refractivity contribution in [2.75, 3.05) is 20.8 Å². The number of methoxy groups -OCH3 is 2. The molecule has 0 amide bonds. The normalized spacial score (nSPS) is 44.1. The third kappa shape index (κ3) is 4.65. The van der Waals surface area contributed by atoms with Crippen molar-refractivity contribution >= 4 is 5.97 Å². The molecular formula is C20H34O7. The first-order chi connectivity index (χ1) is 12.9. The molecule has 3 fully saturated rings. The minimum absolute atomic E-state index is 0.000233. The highest BCUT2D eigenvalue weighted by Gasteiger charge is 2.46. The first-order valence-electron chi connectivity index (χ1n) is 10.2. The van der Waals surface area contributed by atoms with E-state index >= 15 is 0 Å². The number of hydrogen-bond acceptors (Lipinski definition) is 7. The van der Waals surface area contributed by atoms with Gasteiger partial charge in [0, 0.05) is 20.1 Å². The molecule has 0 spiro atoms. The van der Waals surface area contributed by atoms with Crippen LogP contribution in [0.2, 0.25) is 0 Å². The van der Waals surface area contributed by atoms with Gasteiger partial charge in [0.05, 0.1) is 43.0 Å². The van der Waals surface area contributed by atoms with E-state index in [0.717, 1.165) is 19.3 Å². The van der Waals surface area contributed by atoms with Crippen LogP contribution in [-0.4, -0.2) is 72.6 Å². The number of aliphatic hydroxyl groups is 3. The Morgan fingerprint density at radius 2 is 1.67 bits per heavy atom. The molecule has 9 unspecified atom stereocenters. The zero-order chi connectivity index (χ0) is 19.6. The molecule has 27 heavy (non-hydrogen) atoms. The molecule has 0 aromatic carbocycles. The van der Waals surface area contributed by atoms with E-state index < -0.39 is 18.3 Å². The summed E-state index contributed by atoms with van der Waals surface area (Å²) in [7, 11) is 3.19. The van der Waals surface area contributed by atoms with Crippen molar-refractivity contribution in [3.63, 3.8) is 0 Å². The minimum atomic E-state index is -0.640. The van der Waals surface area contributed by atoms with Crippen molar-refractivity contribution in [2.24, 2.45) is 23.7 Å². The van der Waals surface area contributed by atoms with Crippen LogP contribution >= 0.6 is 0 Å². The Bertz CT molecular complexity index is 499. The number of carbonyl (C=O) groups is 1. The van der Waals surface area contributed by atoms with Gasteiger partial charge in [0.2, 0.25) is 0 Å². The number of esters is 1. The Labute approximate surface area is 161 Å². The SMILES string of the molecule is COC1CC(CC2C(=O)OCC2C(O)C2CCC(O)C(OC)C2)CCC1O. The summed E-state index contributed by atoms with van der Waals surface area (Å²) < 4.78 is 16.0. The lowest BCUT2D eigenvalue weighted by Gasteiger charge is -2.38. The molecule has 1 heterocycles. The maximum Gasteiger partial charge on any atom is 0.309 e. The van der Waals surface area contributed by atoms with E-state index in [1.54, 1.807) is 14.2 Å². The Balaban J connectivity index is 1.62. The van der Waals surface area contributed by atoms with Crippen molar-refractivity contribution in [2.45, 2.75) is 75.5 Å². The molecule has 0 aromatic heterocycles. The second kappa shape index (κ2) is 9.18. The van der Waals surface area contributed by atoms with E-state index in [-0.39, 0.29) is 48.5 Å². The van der Waals surface area contributed by atoms with Gasteiger partial charge in [-0.3, -0.25) is 4.79 Å². The zero-order valence-corrected chi connectivity index (χ0v) is 16.3. The van der Waals surface area contributed by atoms with Crippen LogP contribution in [0.15, 0.2) is 0 Å². The summed E-state index contributed by atoms with van der Waals surface area (Å²) in [5, 5.41) is 31.0. The first kappa shape index (κ1) is 21.0. The van der Waals surface area contributed by atoms with Gasteiger partial charge in [-0.25, -0.2) is 0 Å². The Morgan fingerprint density at radius 3 is 2.33 bits per heavy atom. The summed E-state index contributed by atoms with van der Waals surface area (Å²) in [6.07, 6.45) is 2.81. The molecule has 0 aromatic rings. The molecule has 1 saturated heterocycles. The lowest BCUT2D eigenvalue weighted by atomic mass is 9.72. The van der Waals surface area contributed by atoms with Gasteiger partial charge in [-0.15, -0.1) is 0 Å². The number of aliphatic hydroxyl groups excluding tert-OH is 3. The molecule has 2 aliphatic carbocycles. The monoisotopic (exact) mass is 386 g/mol. The Morgan fingerprint density at radius 1 is 1.04 bits per heavy atom. The van der Waals surface area contributed by atoms with Crippen LogP contribution in [-0.2, 0) is 19.0 Å². The van der Waals surface area contributed by atoms with Gasteiger partial charge in [0.25, 0.3) is 0 Å². The van der Waals surface area contributed by atoms with Gasteiger partial charge in [0.15, 0.2) is 0 Å². The van der Waals surface area contributed by atoms with Gasteiger partial charge in [0.1, 0.15) is 0 Å². The van der Waals surface area contributed by atoms with E-state index in [4.69, 9.17) is 14.2 Å². The number of carbonyl (C=O) groups excluding carboxylic acids is 1. The highest BCUT2D eigenvalue weighted by molar-refractivity contribution is 5.74. The first-order valence-corrected chi connectivity index (χ1v) is 10.2. The third-order valence-electron chi connectivity index (χ3n) is 7.01. The molecule has 0 bridgehead atoms. The Kier molecular flexibility index (Phi) is 7.14. The highest BCUT2D eigenvalue weighted by atomic mass is 16.5. The maximum absolute atomic E-state index is 12.4. The minimum Gasteiger partial charge on any atom is -0.465 e. The van der Waals surface area contributed by atoms with Crippen molar-refractivity contribution < 1.29 is 34.3 Å². The molecule has 7 heteroatoms. The van der Waals surface area contributed by atoms with Gasteiger partial charge in [-0.05, 0) is 56.8 Å². The van der Waals surface area contributed by atoms with Crippen molar-refractivity contribution in [3.05, 3.63) is 0 Å². The lowest BCUT2D eigenvalue weighted by molar-refractivity contribution is -0.142. The summed E-state index contributed by atoms with van der Waals surface area (Å²) in [6, 6.07) is 0. The quantitative estimate of drug-likeness (QED) is 0.582. The van der Waals surface area contributed by atoms with Crippen LogP contribution in [0.4, 0.5) is 0 Å². The average Bonchev–Trinajstić information content (AvgIpc) is 3.03. The fourth-order valence-corrected chi connectivity index (χ4v) is 5.26. The van der Waals surface area contributed by atoms with Gasteiger partial charge < -0.3 is 29.5 Å². The van der Waals surface area contributed by atoms with Crippen molar-refractivity contribution in [1.29, 1.82) is 0 Å². The molecule has 156 valence electrons. The largest absolute Gasteiger partial charge is 0.465 e. The molecule has 7 nitrogen and oxygen atoms in total. The lowest BCUT2D eigenvalue weighted by Crippen LogP contribution is -2.43. The van der Waals surface area contributed by atoms with E-state index in [0.29, 0.717) is 25.7 Å². The molecular weight excluding hydrogens is 352 g/mol. The van der Waals surface area contributed by atoms with Crippen LogP contribution in [0, 0.1) is 23.7 Å². The molecule has 2 saturated carbocycles. The number of hydrogen-bond donors (Lipinski definition) is 3. The number of ether oxygens (including phenoxy) is 3. The van der Waals surface area contributed by atoms with Crippen molar-refractivity contribution in [1.82, 2.24) is 0 Å². The van der Waals surface area contributed by atoms with Crippen LogP contribution in [0.25, 0.3) is 0 Å². The van der Waals surface area contributed by atoms with E-state index in [9.17, 15) is 20.1 Å². The van der Waals surface area contributed by atoms with Gasteiger partial charge in [-0.2, -0.15) is 0 Å². The van der Waals surface area contributed by atoms with Crippen LogP contribution in [0.5, 0.6) is 0 Å². The number of rotatable bonds is 6. The van der Waals surface area contributed by atoms with Crippen LogP contribution in [0.3, 0.4) is 0 Å². The van der Waals surface area contributed by atoms with E-state index in [1.807, 2.05) is 0 Å². The van der Waals surface area contributed by atoms with Gasteiger partial charge >= 0.3 is 5.97 Å². The van der Waals surface area contributed by atoms with Crippen LogP contribution < -0.4 is 0 Å². The standard InChI is InChI=1S/C20H34O7/c1-25-17-8-11(3-5-15(17)21)7-13-14(10-27-20(13)24)19(23)12-4-6-16(22)18(9-12)26-2/h11-19,21-23H,3-10H2,1-2H3. The summed E-state index contributed by atoms with van der Waals surface area (Å²) in [6.45, 7) is 0.254. The molecule has 9 atom stereocenters. The summed E-state index contributed by atoms with van der Waals surface area (Å²) in [5.41, 5.74) is 0. The summed E-state index contributed by atoms with van der Waals surface area (Å²) >= 11 is 0. The van der Waals surface area contributed by atoms with E-state index in [1.165, 1.54) is 0 Å². The third-order valence-corrected chi connectivity index (χ3v) is 7.01. The Hall–Kier alpha value is -0.730. The second-order valence-electron chi connectivity index (χ2n) is 8.56. The highest BCUT2D eigenvalue weighted by Crippen LogP contribution is 2.40. The van der Waals surface area contributed by atoms with Gasteiger partial charge in [-0.1, -0.05) is 0 Å². The predicted molar refractivity (Wildman–Crippen MR) is 96.9 cm³/mol. The smallest absolute Gasteiger partial charge is 0.309 e. The fourth-order valence-electron chi connectivity index (χ4n) is 5.26. The average molecular weight is 386 g/mol. The maximum atomic E-state index is 12.4.